The van der Waals surface area contributed by atoms with E-state index in [4.69, 9.17) is 0 Å². The molecule has 1 saturated carbocycles. The summed E-state index contributed by atoms with van der Waals surface area (Å²) in [6, 6.07) is 4.02. The largest absolute Gasteiger partial charge is 0.350 e. The number of pyridine rings is 1. The quantitative estimate of drug-likeness (QED) is 0.718. The number of likely N-dealkylation sites (tertiary alicyclic amines) is 1. The van der Waals surface area contributed by atoms with Crippen molar-refractivity contribution in [1.29, 1.82) is 0 Å². The third kappa shape index (κ3) is 5.60. The van der Waals surface area contributed by atoms with Crippen molar-refractivity contribution in [3.63, 3.8) is 0 Å². The Hall–Kier alpha value is -3.03. The Morgan fingerprint density at radius 1 is 1.09 bits per heavy atom. The minimum Gasteiger partial charge on any atom is -0.350 e. The normalized spacial score (nSPS) is 20.4. The van der Waals surface area contributed by atoms with E-state index in [0.29, 0.717) is 18.8 Å². The van der Waals surface area contributed by atoms with Gasteiger partial charge in [-0.1, -0.05) is 19.3 Å². The lowest BCUT2D eigenvalue weighted by atomic mass is 9.78. The van der Waals surface area contributed by atoms with Gasteiger partial charge in [0.25, 0.3) is 0 Å². The molecule has 4 rings (SSSR count). The highest BCUT2D eigenvalue weighted by atomic mass is 16.2. The SMILES string of the molecule is CC(=O)NC1(CC(=O)N2CCCC(c3ccc(Nc4cnccn4)cn3)C2)CCCCC1. The summed E-state index contributed by atoms with van der Waals surface area (Å²) in [6.07, 6.45) is 14.2. The third-order valence-corrected chi connectivity index (χ3v) is 6.56. The van der Waals surface area contributed by atoms with Crippen LogP contribution in [-0.4, -0.2) is 50.3 Å². The van der Waals surface area contributed by atoms with Crippen molar-refractivity contribution in [2.75, 3.05) is 18.4 Å². The van der Waals surface area contributed by atoms with Gasteiger partial charge in [-0.15, -0.1) is 0 Å². The van der Waals surface area contributed by atoms with Crippen LogP contribution in [0, 0.1) is 0 Å². The zero-order chi connectivity index (χ0) is 22.4. The van der Waals surface area contributed by atoms with Gasteiger partial charge in [-0.3, -0.25) is 19.6 Å². The number of piperidine rings is 1. The average Bonchev–Trinajstić information content (AvgIpc) is 2.80. The second-order valence-corrected chi connectivity index (χ2v) is 9.07. The minimum atomic E-state index is -0.375. The number of amides is 2. The lowest BCUT2D eigenvalue weighted by Crippen LogP contribution is -2.53. The van der Waals surface area contributed by atoms with E-state index in [1.54, 1.807) is 31.7 Å². The number of carbonyl (C=O) groups excluding carboxylic acids is 2. The zero-order valence-corrected chi connectivity index (χ0v) is 18.7. The first kappa shape index (κ1) is 22.2. The Bertz CT molecular complexity index is 912. The molecule has 0 radical (unpaired) electrons. The van der Waals surface area contributed by atoms with Crippen molar-refractivity contribution in [2.24, 2.45) is 0 Å². The van der Waals surface area contributed by atoms with E-state index in [0.717, 1.165) is 56.5 Å². The number of aromatic nitrogens is 3. The number of nitrogens with zero attached hydrogens (tertiary/aromatic N) is 4. The van der Waals surface area contributed by atoms with Crippen LogP contribution in [-0.2, 0) is 9.59 Å². The Morgan fingerprint density at radius 2 is 1.94 bits per heavy atom. The molecule has 0 spiro atoms. The van der Waals surface area contributed by atoms with Gasteiger partial charge in [0, 0.05) is 56.0 Å². The Morgan fingerprint density at radius 3 is 2.62 bits per heavy atom. The number of hydrogen-bond donors (Lipinski definition) is 2. The molecule has 8 heteroatoms. The van der Waals surface area contributed by atoms with Gasteiger partial charge in [0.2, 0.25) is 11.8 Å². The molecule has 2 aromatic rings. The van der Waals surface area contributed by atoms with Gasteiger partial charge in [-0.2, -0.15) is 0 Å². The van der Waals surface area contributed by atoms with Crippen molar-refractivity contribution in [3.05, 3.63) is 42.6 Å². The highest BCUT2D eigenvalue weighted by Crippen LogP contribution is 2.33. The molecule has 1 saturated heterocycles. The lowest BCUT2D eigenvalue weighted by Gasteiger charge is -2.40. The second-order valence-electron chi connectivity index (χ2n) is 9.07. The van der Waals surface area contributed by atoms with Gasteiger partial charge in [0.05, 0.1) is 18.1 Å². The maximum absolute atomic E-state index is 13.2. The molecular formula is C24H32N6O2. The number of hydrogen-bond acceptors (Lipinski definition) is 6. The Labute approximate surface area is 189 Å². The van der Waals surface area contributed by atoms with E-state index < -0.39 is 0 Å². The van der Waals surface area contributed by atoms with Crippen LogP contribution >= 0.6 is 0 Å². The second kappa shape index (κ2) is 10.1. The first-order valence-electron chi connectivity index (χ1n) is 11.6. The molecule has 1 atom stereocenters. The van der Waals surface area contributed by atoms with Crippen LogP contribution in [0.2, 0.25) is 0 Å². The standard InChI is InChI=1S/C24H32N6O2/c1-18(31)29-24(9-3-2-4-10-24)14-23(32)30-13-5-6-19(17-30)21-8-7-20(15-27-21)28-22-16-25-11-12-26-22/h7-8,11-12,15-16,19H,2-6,9-10,13-14,17H2,1H3,(H,26,28)(H,29,31). The Kier molecular flexibility index (Phi) is 6.97. The molecule has 1 aliphatic carbocycles. The first-order chi connectivity index (χ1) is 15.5. The van der Waals surface area contributed by atoms with Gasteiger partial charge >= 0.3 is 0 Å². The molecule has 1 unspecified atom stereocenters. The first-order valence-corrected chi connectivity index (χ1v) is 11.6. The molecule has 0 aromatic carbocycles. The highest BCUT2D eigenvalue weighted by Gasteiger charge is 2.37. The van der Waals surface area contributed by atoms with E-state index in [9.17, 15) is 9.59 Å². The van der Waals surface area contributed by atoms with E-state index in [1.165, 1.54) is 6.42 Å². The summed E-state index contributed by atoms with van der Waals surface area (Å²) >= 11 is 0. The highest BCUT2D eigenvalue weighted by molar-refractivity contribution is 5.80. The fraction of sp³-hybridized carbons (Fsp3) is 0.542. The summed E-state index contributed by atoms with van der Waals surface area (Å²) in [6.45, 7) is 3.00. The summed E-state index contributed by atoms with van der Waals surface area (Å²) < 4.78 is 0. The van der Waals surface area contributed by atoms with Gasteiger partial charge in [-0.25, -0.2) is 4.98 Å². The van der Waals surface area contributed by atoms with Crippen molar-refractivity contribution < 1.29 is 9.59 Å². The summed E-state index contributed by atoms with van der Waals surface area (Å²) in [5.41, 5.74) is 1.48. The molecule has 2 fully saturated rings. The molecule has 32 heavy (non-hydrogen) atoms. The zero-order valence-electron chi connectivity index (χ0n) is 18.7. The van der Waals surface area contributed by atoms with Crippen LogP contribution in [0.3, 0.4) is 0 Å². The molecule has 2 amide bonds. The van der Waals surface area contributed by atoms with Crippen molar-refractivity contribution in [1.82, 2.24) is 25.2 Å². The molecule has 3 heterocycles. The van der Waals surface area contributed by atoms with Crippen LogP contribution in [0.1, 0.15) is 69.9 Å². The topological polar surface area (TPSA) is 100 Å². The summed E-state index contributed by atoms with van der Waals surface area (Å²) in [7, 11) is 0. The lowest BCUT2D eigenvalue weighted by molar-refractivity contribution is -0.135. The van der Waals surface area contributed by atoms with E-state index in [1.807, 2.05) is 17.0 Å². The van der Waals surface area contributed by atoms with Crippen LogP contribution in [0.25, 0.3) is 0 Å². The van der Waals surface area contributed by atoms with E-state index >= 15 is 0 Å². The summed E-state index contributed by atoms with van der Waals surface area (Å²) in [5, 5.41) is 6.31. The molecular weight excluding hydrogens is 404 g/mol. The summed E-state index contributed by atoms with van der Waals surface area (Å²) in [4.78, 5) is 39.9. The maximum Gasteiger partial charge on any atom is 0.224 e. The van der Waals surface area contributed by atoms with Crippen molar-refractivity contribution >= 4 is 23.3 Å². The monoisotopic (exact) mass is 436 g/mol. The predicted molar refractivity (Wildman–Crippen MR) is 122 cm³/mol. The molecule has 170 valence electrons. The minimum absolute atomic E-state index is 0.0457. The van der Waals surface area contributed by atoms with Crippen LogP contribution in [0.15, 0.2) is 36.9 Å². The van der Waals surface area contributed by atoms with Crippen LogP contribution < -0.4 is 10.6 Å². The van der Waals surface area contributed by atoms with Crippen molar-refractivity contribution in [2.45, 2.75) is 69.7 Å². The molecule has 2 aromatic heterocycles. The van der Waals surface area contributed by atoms with Gasteiger partial charge < -0.3 is 15.5 Å². The number of anilines is 2. The Balaban J connectivity index is 1.38. The summed E-state index contributed by atoms with van der Waals surface area (Å²) in [5.74, 6) is 0.996. The van der Waals surface area contributed by atoms with Crippen molar-refractivity contribution in [3.8, 4) is 0 Å². The van der Waals surface area contributed by atoms with Crippen LogP contribution in [0.4, 0.5) is 11.5 Å². The molecule has 2 N–H and O–H groups in total. The molecule has 1 aliphatic heterocycles. The van der Waals surface area contributed by atoms with Gasteiger partial charge in [-0.05, 0) is 37.8 Å². The van der Waals surface area contributed by atoms with Crippen LogP contribution in [0.5, 0.6) is 0 Å². The molecule has 8 nitrogen and oxygen atoms in total. The fourth-order valence-electron chi connectivity index (χ4n) is 5.03. The molecule has 0 bridgehead atoms. The number of carbonyl (C=O) groups is 2. The fourth-order valence-corrected chi connectivity index (χ4v) is 5.03. The average molecular weight is 437 g/mol. The number of rotatable bonds is 6. The predicted octanol–water partition coefficient (Wildman–Crippen LogP) is 3.55. The van der Waals surface area contributed by atoms with Gasteiger partial charge in [0.1, 0.15) is 5.82 Å². The maximum atomic E-state index is 13.2. The van der Waals surface area contributed by atoms with E-state index in [2.05, 4.69) is 25.6 Å². The number of nitrogens with one attached hydrogen (secondary N) is 2. The molecule has 2 aliphatic rings. The third-order valence-electron chi connectivity index (χ3n) is 6.56. The smallest absolute Gasteiger partial charge is 0.224 e. The van der Waals surface area contributed by atoms with Gasteiger partial charge in [0.15, 0.2) is 0 Å². The van der Waals surface area contributed by atoms with E-state index in [-0.39, 0.29) is 23.3 Å².